The number of aryl methyl sites for hydroxylation is 1. The number of rotatable bonds is 8. The van der Waals surface area contributed by atoms with Crippen LogP contribution in [0.4, 0.5) is 13.2 Å². The Morgan fingerprint density at radius 3 is 2.07 bits per heavy atom. The van der Waals surface area contributed by atoms with Crippen LogP contribution in [-0.4, -0.2) is 33.9 Å². The molecule has 4 N–H and O–H groups in total. The largest absolute Gasteiger partial charge is 0.448 e. The fourth-order valence-corrected chi connectivity index (χ4v) is 2.95. The van der Waals surface area contributed by atoms with Crippen molar-refractivity contribution in [1.29, 1.82) is 0 Å². The fourth-order valence-electron chi connectivity index (χ4n) is 2.95. The van der Waals surface area contributed by atoms with Gasteiger partial charge < -0.3 is 20.4 Å². The number of hydrogen-bond donors (Lipinski definition) is 3. The summed E-state index contributed by atoms with van der Waals surface area (Å²) in [4.78, 5) is 4.41. The monoisotopic (exact) mass is 420 g/mol. The summed E-state index contributed by atoms with van der Waals surface area (Å²) in [5, 5.41) is 18.5. The van der Waals surface area contributed by atoms with Crippen LogP contribution in [0.1, 0.15) is 29.0 Å². The minimum absolute atomic E-state index is 0.289. The van der Waals surface area contributed by atoms with Crippen LogP contribution in [-0.2, 0) is 19.0 Å². The molecule has 5 nitrogen and oxygen atoms in total. The molecule has 0 aliphatic heterocycles. The van der Waals surface area contributed by atoms with Crippen molar-refractivity contribution in [2.45, 2.75) is 31.0 Å². The molecule has 0 bridgehead atoms. The van der Waals surface area contributed by atoms with Crippen molar-refractivity contribution >= 4 is 0 Å². The van der Waals surface area contributed by atoms with Gasteiger partial charge >= 0.3 is 6.18 Å². The van der Waals surface area contributed by atoms with E-state index in [1.54, 1.807) is 0 Å². The van der Waals surface area contributed by atoms with Gasteiger partial charge in [0, 0.05) is 12.0 Å². The summed E-state index contributed by atoms with van der Waals surface area (Å²) in [7, 11) is 0. The number of aromatic nitrogens is 1. The highest BCUT2D eigenvalue weighted by molar-refractivity contribution is 5.58. The van der Waals surface area contributed by atoms with E-state index in [-0.39, 0.29) is 19.6 Å². The first-order valence-corrected chi connectivity index (χ1v) is 9.43. The molecule has 160 valence electrons. The number of nitrogens with two attached hydrogens (primary N) is 1. The predicted octanol–water partition coefficient (Wildman–Crippen LogP) is 3.57. The van der Waals surface area contributed by atoms with Gasteiger partial charge in [0.05, 0.1) is 24.3 Å². The van der Waals surface area contributed by atoms with Gasteiger partial charge in [-0.3, -0.25) is 0 Å². The number of oxazole rings is 1. The molecule has 3 rings (SSSR count). The van der Waals surface area contributed by atoms with E-state index in [1.165, 1.54) is 18.4 Å². The van der Waals surface area contributed by atoms with Crippen molar-refractivity contribution in [1.82, 2.24) is 4.98 Å². The number of benzene rings is 2. The van der Waals surface area contributed by atoms with E-state index >= 15 is 0 Å². The molecule has 0 amide bonds. The topological polar surface area (TPSA) is 92.5 Å². The first-order valence-electron chi connectivity index (χ1n) is 9.43. The molecule has 0 aliphatic rings. The lowest BCUT2D eigenvalue weighted by atomic mass is 9.93. The second-order valence-corrected chi connectivity index (χ2v) is 7.37. The van der Waals surface area contributed by atoms with Crippen LogP contribution in [0, 0.1) is 0 Å². The van der Waals surface area contributed by atoms with Gasteiger partial charge in [0.25, 0.3) is 0 Å². The molecular formula is C22H23F3N2O3. The van der Waals surface area contributed by atoms with E-state index in [1.807, 2.05) is 24.3 Å². The van der Waals surface area contributed by atoms with Crippen LogP contribution in [0.5, 0.6) is 0 Å². The Morgan fingerprint density at radius 1 is 0.900 bits per heavy atom. The first-order chi connectivity index (χ1) is 14.2. The number of alkyl halides is 3. The standard InChI is InChI=1S/C22H23F3N2O3/c23-22(24,25)18-7-3-16(4-8-18)11-20-27-19(12-30-20)17-5-1-15(2-6-17)9-10-21(26,13-28)14-29/h1-8,12,28-29H,9-11,13-14,26H2. The number of nitrogens with zero attached hydrogens (tertiary/aromatic N) is 1. The van der Waals surface area contributed by atoms with Crippen molar-refractivity contribution in [2.24, 2.45) is 5.73 Å². The Hall–Kier alpha value is -2.68. The Balaban J connectivity index is 1.63. The lowest BCUT2D eigenvalue weighted by molar-refractivity contribution is -0.137. The van der Waals surface area contributed by atoms with E-state index in [9.17, 15) is 23.4 Å². The van der Waals surface area contributed by atoms with Gasteiger partial charge in [-0.25, -0.2) is 4.98 Å². The highest BCUT2D eigenvalue weighted by Gasteiger charge is 2.30. The Bertz CT molecular complexity index is 947. The van der Waals surface area contributed by atoms with Crippen molar-refractivity contribution < 1.29 is 27.8 Å². The van der Waals surface area contributed by atoms with Crippen molar-refractivity contribution in [2.75, 3.05) is 13.2 Å². The molecule has 3 aromatic rings. The van der Waals surface area contributed by atoms with Gasteiger partial charge in [-0.2, -0.15) is 13.2 Å². The summed E-state index contributed by atoms with van der Waals surface area (Å²) in [6.45, 7) is -0.579. The molecule has 0 fully saturated rings. The summed E-state index contributed by atoms with van der Waals surface area (Å²) in [5.74, 6) is 0.410. The summed E-state index contributed by atoms with van der Waals surface area (Å²) < 4.78 is 43.4. The van der Waals surface area contributed by atoms with Crippen LogP contribution in [0.3, 0.4) is 0 Å². The van der Waals surface area contributed by atoms with Crippen LogP contribution < -0.4 is 5.73 Å². The average molecular weight is 420 g/mol. The quantitative estimate of drug-likeness (QED) is 0.518. The van der Waals surface area contributed by atoms with E-state index < -0.39 is 17.3 Å². The van der Waals surface area contributed by atoms with E-state index in [0.29, 0.717) is 30.0 Å². The maximum Gasteiger partial charge on any atom is 0.416 e. The van der Waals surface area contributed by atoms with Crippen molar-refractivity contribution in [3.8, 4) is 11.3 Å². The SMILES string of the molecule is NC(CO)(CO)CCc1ccc(-c2coc(Cc3ccc(C(F)(F)F)cc3)n2)cc1. The molecular weight excluding hydrogens is 397 g/mol. The number of aliphatic hydroxyl groups is 2. The maximum atomic E-state index is 12.6. The van der Waals surface area contributed by atoms with Gasteiger partial charge in [0.1, 0.15) is 12.0 Å². The summed E-state index contributed by atoms with van der Waals surface area (Å²) in [5.41, 5.74) is 7.33. The molecule has 2 aromatic carbocycles. The molecule has 0 saturated carbocycles. The molecule has 1 heterocycles. The summed E-state index contributed by atoms with van der Waals surface area (Å²) in [6, 6.07) is 12.5. The smallest absolute Gasteiger partial charge is 0.416 e. The number of halogens is 3. The van der Waals surface area contributed by atoms with Crippen LogP contribution in [0.2, 0.25) is 0 Å². The van der Waals surface area contributed by atoms with Crippen LogP contribution in [0.15, 0.2) is 59.2 Å². The number of aliphatic hydroxyl groups excluding tert-OH is 2. The Labute approximate surface area is 172 Å². The van der Waals surface area contributed by atoms with Crippen LogP contribution >= 0.6 is 0 Å². The van der Waals surface area contributed by atoms with E-state index in [0.717, 1.165) is 23.3 Å². The third kappa shape index (κ3) is 5.47. The fraction of sp³-hybridized carbons (Fsp3) is 0.318. The van der Waals surface area contributed by atoms with Gasteiger partial charge in [-0.05, 0) is 36.1 Å². The molecule has 8 heteroatoms. The molecule has 0 spiro atoms. The predicted molar refractivity (Wildman–Crippen MR) is 106 cm³/mol. The Kier molecular flexibility index (Phi) is 6.60. The minimum atomic E-state index is -4.36. The minimum Gasteiger partial charge on any atom is -0.448 e. The highest BCUT2D eigenvalue weighted by Crippen LogP contribution is 2.29. The zero-order chi connectivity index (χ0) is 21.8. The van der Waals surface area contributed by atoms with Gasteiger partial charge in [-0.1, -0.05) is 36.4 Å². The Morgan fingerprint density at radius 2 is 1.50 bits per heavy atom. The summed E-state index contributed by atoms with van der Waals surface area (Å²) in [6.07, 6.45) is -1.51. The second-order valence-electron chi connectivity index (χ2n) is 7.37. The lowest BCUT2D eigenvalue weighted by Gasteiger charge is -2.24. The third-order valence-electron chi connectivity index (χ3n) is 4.98. The average Bonchev–Trinajstić information content (AvgIpc) is 3.20. The molecule has 0 unspecified atom stereocenters. The van der Waals surface area contributed by atoms with Gasteiger partial charge in [0.2, 0.25) is 0 Å². The van der Waals surface area contributed by atoms with Crippen LogP contribution in [0.25, 0.3) is 11.3 Å². The molecule has 0 aliphatic carbocycles. The number of hydrogen-bond acceptors (Lipinski definition) is 5. The second kappa shape index (κ2) is 8.99. The summed E-state index contributed by atoms with van der Waals surface area (Å²) >= 11 is 0. The third-order valence-corrected chi connectivity index (χ3v) is 4.98. The molecule has 0 atom stereocenters. The van der Waals surface area contributed by atoms with E-state index in [4.69, 9.17) is 10.2 Å². The molecule has 30 heavy (non-hydrogen) atoms. The van der Waals surface area contributed by atoms with Gasteiger partial charge in [0.15, 0.2) is 5.89 Å². The highest BCUT2D eigenvalue weighted by atomic mass is 19.4. The molecule has 0 saturated heterocycles. The van der Waals surface area contributed by atoms with Crippen molar-refractivity contribution in [3.05, 3.63) is 77.4 Å². The normalized spacial score (nSPS) is 12.3. The zero-order valence-corrected chi connectivity index (χ0v) is 16.2. The lowest BCUT2D eigenvalue weighted by Crippen LogP contribution is -2.47. The molecule has 1 aromatic heterocycles. The first kappa shape index (κ1) is 22.0. The van der Waals surface area contributed by atoms with Gasteiger partial charge in [-0.15, -0.1) is 0 Å². The van der Waals surface area contributed by atoms with Crippen molar-refractivity contribution in [3.63, 3.8) is 0 Å². The van der Waals surface area contributed by atoms with E-state index in [2.05, 4.69) is 4.98 Å². The molecule has 0 radical (unpaired) electrons. The maximum absolute atomic E-state index is 12.6. The zero-order valence-electron chi connectivity index (χ0n) is 16.2.